The summed E-state index contributed by atoms with van der Waals surface area (Å²) in [5.41, 5.74) is 10.1. The van der Waals surface area contributed by atoms with Crippen molar-refractivity contribution in [3.63, 3.8) is 0 Å². The third-order valence-corrected chi connectivity index (χ3v) is 6.25. The lowest BCUT2D eigenvalue weighted by molar-refractivity contribution is -0.128. The predicted molar refractivity (Wildman–Crippen MR) is 122 cm³/mol. The Morgan fingerprint density at radius 3 is 2.87 bits per heavy atom. The number of aryl methyl sites for hydroxylation is 1. The Morgan fingerprint density at radius 1 is 1.35 bits per heavy atom. The van der Waals surface area contributed by atoms with Gasteiger partial charge in [0.25, 0.3) is 0 Å². The van der Waals surface area contributed by atoms with Crippen LogP contribution < -0.4 is 5.73 Å². The average molecular weight is 436 g/mol. The van der Waals surface area contributed by atoms with Crippen LogP contribution in [0, 0.1) is 6.92 Å². The summed E-state index contributed by atoms with van der Waals surface area (Å²) < 4.78 is 8.47. The van der Waals surface area contributed by atoms with E-state index in [2.05, 4.69) is 35.0 Å². The highest BCUT2D eigenvalue weighted by molar-refractivity contribution is 6.31. The third kappa shape index (κ3) is 2.76. The van der Waals surface area contributed by atoms with Crippen molar-refractivity contribution in [3.05, 3.63) is 53.5 Å². The number of rotatable bonds is 2. The number of fused-ring (bicyclic) bond motifs is 4. The zero-order valence-electron chi connectivity index (χ0n) is 17.6. The molecule has 0 radical (unpaired) electrons. The van der Waals surface area contributed by atoms with Crippen LogP contribution in [0.4, 0.5) is 5.82 Å². The monoisotopic (exact) mass is 435 g/mol. The number of anilines is 1. The summed E-state index contributed by atoms with van der Waals surface area (Å²) in [4.78, 5) is 23.1. The fraction of sp³-hybridized carbons (Fsp3) is 0.261. The van der Waals surface area contributed by atoms with Gasteiger partial charge in [-0.3, -0.25) is 4.79 Å². The number of hydrogen-bond acceptors (Lipinski definition) is 5. The van der Waals surface area contributed by atoms with Crippen molar-refractivity contribution in [3.8, 4) is 11.3 Å². The molecule has 0 saturated heterocycles. The summed E-state index contributed by atoms with van der Waals surface area (Å²) in [6, 6.07) is 5.55. The van der Waals surface area contributed by atoms with Gasteiger partial charge in [0.1, 0.15) is 29.1 Å². The van der Waals surface area contributed by atoms with Crippen LogP contribution >= 0.6 is 11.6 Å². The fourth-order valence-electron chi connectivity index (χ4n) is 4.72. The summed E-state index contributed by atoms with van der Waals surface area (Å²) in [5.74, 6) is 0.932. The van der Waals surface area contributed by atoms with E-state index in [0.29, 0.717) is 29.7 Å². The van der Waals surface area contributed by atoms with Gasteiger partial charge in [-0.25, -0.2) is 9.97 Å². The molecule has 7 nitrogen and oxygen atoms in total. The number of carbonyl (C=O) groups is 1. The molecular weight excluding hydrogens is 414 g/mol. The van der Waals surface area contributed by atoms with Crippen molar-refractivity contribution < 1.29 is 9.21 Å². The second-order valence-corrected chi connectivity index (χ2v) is 8.96. The number of amides is 1. The molecular formula is C23H22ClN5O2. The highest BCUT2D eigenvalue weighted by Gasteiger charge is 2.39. The summed E-state index contributed by atoms with van der Waals surface area (Å²) in [6.45, 7) is 10.7. The molecule has 0 unspecified atom stereocenters. The second kappa shape index (κ2) is 6.59. The smallest absolute Gasteiger partial charge is 0.246 e. The maximum Gasteiger partial charge on any atom is 0.246 e. The average Bonchev–Trinajstić information content (AvgIpc) is 3.23. The van der Waals surface area contributed by atoms with Crippen LogP contribution in [0.2, 0.25) is 5.02 Å². The van der Waals surface area contributed by atoms with Gasteiger partial charge in [-0.1, -0.05) is 18.2 Å². The molecule has 0 fully saturated rings. The Bertz CT molecular complexity index is 1400. The van der Waals surface area contributed by atoms with E-state index in [-0.39, 0.29) is 5.91 Å². The molecule has 158 valence electrons. The van der Waals surface area contributed by atoms with E-state index in [9.17, 15) is 4.79 Å². The number of furan rings is 1. The lowest BCUT2D eigenvalue weighted by Gasteiger charge is -2.40. The van der Waals surface area contributed by atoms with E-state index < -0.39 is 5.54 Å². The zero-order chi connectivity index (χ0) is 22.1. The number of carbonyl (C=O) groups excluding carboxylic acids is 1. The van der Waals surface area contributed by atoms with Gasteiger partial charge in [0.2, 0.25) is 5.91 Å². The molecule has 4 aromatic rings. The van der Waals surface area contributed by atoms with Gasteiger partial charge < -0.3 is 19.6 Å². The molecule has 0 aliphatic carbocycles. The van der Waals surface area contributed by atoms with Crippen LogP contribution in [-0.2, 0) is 16.9 Å². The van der Waals surface area contributed by atoms with Crippen molar-refractivity contribution in [2.45, 2.75) is 32.9 Å². The standard InChI is InChI=1S/C23H22ClN5O2/c1-5-17(30)28-9-15-18(20-12(2)14-8-13(24)6-7-16(14)31-20)19-21(25)26-11-27-22(19)29(15)23(3,4)10-28/h5-8,11H,1,9-10H2,2-4H3,(H2,25,26,27). The van der Waals surface area contributed by atoms with Crippen molar-refractivity contribution in [2.24, 2.45) is 0 Å². The minimum absolute atomic E-state index is 0.123. The van der Waals surface area contributed by atoms with Gasteiger partial charge >= 0.3 is 0 Å². The molecule has 3 aromatic heterocycles. The first-order chi connectivity index (χ1) is 14.7. The molecule has 0 atom stereocenters. The summed E-state index contributed by atoms with van der Waals surface area (Å²) in [5, 5.41) is 2.30. The van der Waals surface area contributed by atoms with Gasteiger partial charge in [0.05, 0.1) is 28.7 Å². The SMILES string of the molecule is C=CC(=O)N1Cc2c(-c3oc4ccc(Cl)cc4c3C)c3c(N)ncnc3n2C(C)(C)C1. The molecule has 0 saturated carbocycles. The van der Waals surface area contributed by atoms with Crippen LogP contribution in [0.5, 0.6) is 0 Å². The van der Waals surface area contributed by atoms with Crippen LogP contribution in [0.3, 0.4) is 0 Å². The van der Waals surface area contributed by atoms with E-state index in [0.717, 1.165) is 38.8 Å². The zero-order valence-corrected chi connectivity index (χ0v) is 18.3. The summed E-state index contributed by atoms with van der Waals surface area (Å²) in [6.07, 6.45) is 2.81. The molecule has 0 bridgehead atoms. The highest BCUT2D eigenvalue weighted by Crippen LogP contribution is 2.45. The van der Waals surface area contributed by atoms with Gasteiger partial charge in [-0.05, 0) is 45.0 Å². The Balaban J connectivity index is 1.90. The normalized spacial score (nSPS) is 15.4. The number of nitrogens with two attached hydrogens (primary N) is 1. The topological polar surface area (TPSA) is 90.2 Å². The quantitative estimate of drug-likeness (QED) is 0.463. The molecule has 1 aliphatic heterocycles. The number of halogens is 1. The molecule has 31 heavy (non-hydrogen) atoms. The molecule has 8 heteroatoms. The van der Waals surface area contributed by atoms with Crippen molar-refractivity contribution in [2.75, 3.05) is 12.3 Å². The lowest BCUT2D eigenvalue weighted by Crippen LogP contribution is -2.48. The van der Waals surface area contributed by atoms with E-state index in [4.69, 9.17) is 21.8 Å². The number of nitrogen functional groups attached to an aromatic ring is 1. The Labute approximate surface area is 184 Å². The van der Waals surface area contributed by atoms with E-state index in [1.54, 1.807) is 11.0 Å². The minimum atomic E-state index is -0.424. The maximum absolute atomic E-state index is 12.5. The molecule has 4 heterocycles. The number of benzene rings is 1. The Kier molecular flexibility index (Phi) is 4.17. The van der Waals surface area contributed by atoms with Crippen LogP contribution in [0.25, 0.3) is 33.3 Å². The van der Waals surface area contributed by atoms with E-state index >= 15 is 0 Å². The minimum Gasteiger partial charge on any atom is -0.456 e. The summed E-state index contributed by atoms with van der Waals surface area (Å²) in [7, 11) is 0. The van der Waals surface area contributed by atoms with Gasteiger partial charge in [0, 0.05) is 22.5 Å². The predicted octanol–water partition coefficient (Wildman–Crippen LogP) is 4.65. The molecule has 1 aliphatic rings. The Hall–Kier alpha value is -3.32. The lowest BCUT2D eigenvalue weighted by atomic mass is 9.98. The van der Waals surface area contributed by atoms with Crippen LogP contribution in [0.15, 0.2) is 41.6 Å². The fourth-order valence-corrected chi connectivity index (χ4v) is 4.89. The summed E-state index contributed by atoms with van der Waals surface area (Å²) >= 11 is 6.23. The van der Waals surface area contributed by atoms with Crippen molar-refractivity contribution >= 4 is 45.3 Å². The van der Waals surface area contributed by atoms with Crippen LogP contribution in [-0.4, -0.2) is 31.9 Å². The number of aromatic nitrogens is 3. The Morgan fingerprint density at radius 2 is 2.13 bits per heavy atom. The van der Waals surface area contributed by atoms with Gasteiger partial charge in [-0.2, -0.15) is 0 Å². The molecule has 2 N–H and O–H groups in total. The van der Waals surface area contributed by atoms with Gasteiger partial charge in [-0.15, -0.1) is 0 Å². The largest absolute Gasteiger partial charge is 0.456 e. The highest BCUT2D eigenvalue weighted by atomic mass is 35.5. The third-order valence-electron chi connectivity index (χ3n) is 6.01. The first-order valence-electron chi connectivity index (χ1n) is 9.97. The van der Waals surface area contributed by atoms with Crippen molar-refractivity contribution in [1.82, 2.24) is 19.4 Å². The van der Waals surface area contributed by atoms with E-state index in [1.807, 2.05) is 19.1 Å². The van der Waals surface area contributed by atoms with E-state index in [1.165, 1.54) is 12.4 Å². The van der Waals surface area contributed by atoms with Gasteiger partial charge in [0.15, 0.2) is 0 Å². The molecule has 1 aromatic carbocycles. The molecule has 5 rings (SSSR count). The second-order valence-electron chi connectivity index (χ2n) is 8.52. The maximum atomic E-state index is 12.5. The molecule has 1 amide bonds. The molecule has 0 spiro atoms. The van der Waals surface area contributed by atoms with Crippen LogP contribution in [0.1, 0.15) is 25.1 Å². The first kappa shape index (κ1) is 19.6. The number of nitrogens with zero attached hydrogens (tertiary/aromatic N) is 4. The number of hydrogen-bond donors (Lipinski definition) is 1. The van der Waals surface area contributed by atoms with Crippen molar-refractivity contribution in [1.29, 1.82) is 0 Å². The first-order valence-corrected chi connectivity index (χ1v) is 10.4.